The summed E-state index contributed by atoms with van der Waals surface area (Å²) in [6.45, 7) is 8.12. The molecule has 2 rings (SSSR count). The molecule has 0 saturated carbocycles. The van der Waals surface area contributed by atoms with Crippen LogP contribution in [0, 0.1) is 0 Å². The van der Waals surface area contributed by atoms with E-state index in [-0.39, 0.29) is 17.7 Å². The van der Waals surface area contributed by atoms with Crippen LogP contribution in [0.2, 0.25) is 0 Å². The Bertz CT molecular complexity index is 440. The third-order valence-electron chi connectivity index (χ3n) is 2.96. The molecule has 0 amide bonds. The first-order chi connectivity index (χ1) is 9.26. The van der Waals surface area contributed by atoms with Crippen molar-refractivity contribution in [2.45, 2.75) is 19.4 Å². The first-order valence-electron chi connectivity index (χ1n) is 6.33. The van der Waals surface area contributed by atoms with Crippen LogP contribution in [0.5, 0.6) is 0 Å². The molecule has 104 valence electrons. The number of hydrogen-bond acceptors (Lipinski definition) is 7. The van der Waals surface area contributed by atoms with Gasteiger partial charge in [-0.15, -0.1) is 0 Å². The van der Waals surface area contributed by atoms with Crippen LogP contribution in [0.1, 0.15) is 24.0 Å². The van der Waals surface area contributed by atoms with Crippen molar-refractivity contribution in [3.8, 4) is 0 Å². The van der Waals surface area contributed by atoms with Crippen molar-refractivity contribution >= 4 is 11.7 Å². The summed E-state index contributed by atoms with van der Waals surface area (Å²) in [5.74, 6) is 0.261. The molecule has 1 aliphatic heterocycles. The molecule has 1 unspecified atom stereocenters. The highest BCUT2D eigenvalue weighted by Gasteiger charge is 2.25. The fraction of sp³-hybridized carbons (Fsp3) is 0.583. The van der Waals surface area contributed by atoms with Crippen LogP contribution >= 0.6 is 0 Å². The van der Waals surface area contributed by atoms with Crippen molar-refractivity contribution in [2.75, 3.05) is 31.2 Å². The molecule has 1 fully saturated rings. The molecule has 0 spiro atoms. The third-order valence-corrected chi connectivity index (χ3v) is 2.96. The van der Waals surface area contributed by atoms with Crippen molar-refractivity contribution < 1.29 is 14.1 Å². The molecular weight excluding hydrogens is 248 g/mol. The van der Waals surface area contributed by atoms with E-state index in [0.29, 0.717) is 38.7 Å². The van der Waals surface area contributed by atoms with Gasteiger partial charge in [-0.1, -0.05) is 13.5 Å². The lowest BCUT2D eigenvalue weighted by Crippen LogP contribution is -2.37. The molecule has 1 aliphatic rings. The van der Waals surface area contributed by atoms with E-state index in [1.54, 1.807) is 0 Å². The van der Waals surface area contributed by atoms with Crippen molar-refractivity contribution in [3.63, 3.8) is 0 Å². The average molecular weight is 266 g/mol. The highest BCUT2D eigenvalue weighted by Crippen LogP contribution is 2.13. The maximum atomic E-state index is 12.1. The largest absolute Gasteiger partial charge is 0.381 e. The summed E-state index contributed by atoms with van der Waals surface area (Å²) in [5, 5.41) is 6.72. The Morgan fingerprint density at radius 2 is 2.32 bits per heavy atom. The summed E-state index contributed by atoms with van der Waals surface area (Å²) < 4.78 is 10.3. The number of rotatable bonds is 6. The quantitative estimate of drug-likeness (QED) is 0.755. The van der Waals surface area contributed by atoms with Gasteiger partial charge in [0.05, 0.1) is 19.3 Å². The van der Waals surface area contributed by atoms with E-state index < -0.39 is 0 Å². The molecule has 0 aromatic carbocycles. The van der Waals surface area contributed by atoms with Gasteiger partial charge in [-0.25, -0.2) is 0 Å². The first-order valence-corrected chi connectivity index (χ1v) is 6.33. The van der Waals surface area contributed by atoms with Gasteiger partial charge in [0.25, 0.3) is 11.8 Å². The Morgan fingerprint density at radius 3 is 2.95 bits per heavy atom. The maximum absolute atomic E-state index is 12.1. The van der Waals surface area contributed by atoms with E-state index in [1.807, 2.05) is 11.8 Å². The molecule has 0 aliphatic carbocycles. The molecule has 1 atom stereocenters. The minimum atomic E-state index is -0.379. The zero-order chi connectivity index (χ0) is 13.7. The molecule has 1 N–H and O–H groups in total. The molecule has 7 nitrogen and oxygen atoms in total. The SMILES string of the molecule is C=CNC(CC)C(=O)c1nc(N2CCOCC2)no1. The predicted octanol–water partition coefficient (Wildman–Crippen LogP) is 0.601. The molecule has 1 aromatic rings. The smallest absolute Gasteiger partial charge is 0.297 e. The molecule has 0 radical (unpaired) electrons. The Hall–Kier alpha value is -1.89. The fourth-order valence-electron chi connectivity index (χ4n) is 1.88. The lowest BCUT2D eigenvalue weighted by atomic mass is 10.1. The zero-order valence-electron chi connectivity index (χ0n) is 11.0. The number of carbonyl (C=O) groups is 1. The van der Waals surface area contributed by atoms with E-state index in [1.165, 1.54) is 6.20 Å². The second-order valence-corrected chi connectivity index (χ2v) is 4.19. The van der Waals surface area contributed by atoms with Gasteiger partial charge in [0.2, 0.25) is 5.78 Å². The van der Waals surface area contributed by atoms with Crippen LogP contribution in [0.15, 0.2) is 17.3 Å². The maximum Gasteiger partial charge on any atom is 0.297 e. The molecule has 19 heavy (non-hydrogen) atoms. The van der Waals surface area contributed by atoms with Crippen molar-refractivity contribution in [1.29, 1.82) is 0 Å². The zero-order valence-corrected chi connectivity index (χ0v) is 11.0. The summed E-state index contributed by atoms with van der Waals surface area (Å²) in [5.41, 5.74) is 0. The van der Waals surface area contributed by atoms with E-state index in [4.69, 9.17) is 9.26 Å². The Kier molecular flexibility index (Phi) is 4.51. The van der Waals surface area contributed by atoms with Crippen LogP contribution < -0.4 is 10.2 Å². The van der Waals surface area contributed by atoms with Gasteiger partial charge in [-0.05, 0) is 17.8 Å². The number of Topliss-reactive ketones (excluding diaryl/α,β-unsaturated/α-hetero) is 1. The minimum Gasteiger partial charge on any atom is -0.381 e. The summed E-state index contributed by atoms with van der Waals surface area (Å²) >= 11 is 0. The summed E-state index contributed by atoms with van der Waals surface area (Å²) in [7, 11) is 0. The lowest BCUT2D eigenvalue weighted by Gasteiger charge is -2.24. The highest BCUT2D eigenvalue weighted by atomic mass is 16.5. The second-order valence-electron chi connectivity index (χ2n) is 4.19. The van der Waals surface area contributed by atoms with Crippen LogP contribution in [0.4, 0.5) is 5.95 Å². The number of carbonyl (C=O) groups excluding carboxylic acids is 1. The van der Waals surface area contributed by atoms with Gasteiger partial charge in [0.1, 0.15) is 0 Å². The number of aromatic nitrogens is 2. The summed E-state index contributed by atoms with van der Waals surface area (Å²) in [6.07, 6.45) is 2.12. The number of morpholine rings is 1. The van der Waals surface area contributed by atoms with Crippen molar-refractivity contribution in [1.82, 2.24) is 15.5 Å². The molecule has 2 heterocycles. The van der Waals surface area contributed by atoms with Crippen LogP contribution in [0.25, 0.3) is 0 Å². The van der Waals surface area contributed by atoms with E-state index >= 15 is 0 Å². The normalized spacial score (nSPS) is 17.0. The Balaban J connectivity index is 2.06. The van der Waals surface area contributed by atoms with Crippen molar-refractivity contribution in [3.05, 3.63) is 18.7 Å². The summed E-state index contributed by atoms with van der Waals surface area (Å²) in [4.78, 5) is 18.2. The van der Waals surface area contributed by atoms with E-state index in [9.17, 15) is 4.79 Å². The number of nitrogens with zero attached hydrogens (tertiary/aromatic N) is 3. The van der Waals surface area contributed by atoms with E-state index in [2.05, 4.69) is 22.0 Å². The second kappa shape index (κ2) is 6.33. The van der Waals surface area contributed by atoms with Crippen LogP contribution in [-0.2, 0) is 4.74 Å². The van der Waals surface area contributed by atoms with Crippen molar-refractivity contribution in [2.24, 2.45) is 0 Å². The van der Waals surface area contributed by atoms with Gasteiger partial charge < -0.3 is 19.5 Å². The molecular formula is C12H18N4O3. The molecule has 1 saturated heterocycles. The summed E-state index contributed by atoms with van der Waals surface area (Å²) in [6, 6.07) is -0.379. The predicted molar refractivity (Wildman–Crippen MR) is 69.1 cm³/mol. The van der Waals surface area contributed by atoms with Gasteiger partial charge in [-0.3, -0.25) is 4.79 Å². The van der Waals surface area contributed by atoms with Crippen LogP contribution in [0.3, 0.4) is 0 Å². The first kappa shape index (κ1) is 13.5. The van der Waals surface area contributed by atoms with E-state index in [0.717, 1.165) is 0 Å². The Morgan fingerprint density at radius 1 is 1.58 bits per heavy atom. The monoisotopic (exact) mass is 266 g/mol. The third kappa shape index (κ3) is 3.11. The minimum absolute atomic E-state index is 0.0303. The highest BCUT2D eigenvalue weighted by molar-refractivity contribution is 5.96. The standard InChI is InChI=1S/C12H18N4O3/c1-3-9(13-4-2)10(17)11-14-12(15-19-11)16-5-7-18-8-6-16/h4,9,13H,2-3,5-8H2,1H3. The number of hydrogen-bond donors (Lipinski definition) is 1. The van der Waals surface area contributed by atoms with Gasteiger partial charge in [0.15, 0.2) is 0 Å². The molecule has 0 bridgehead atoms. The molecule has 1 aromatic heterocycles. The van der Waals surface area contributed by atoms with Gasteiger partial charge in [0, 0.05) is 13.1 Å². The van der Waals surface area contributed by atoms with Gasteiger partial charge in [-0.2, -0.15) is 4.98 Å². The fourth-order valence-corrected chi connectivity index (χ4v) is 1.88. The average Bonchev–Trinajstić information content (AvgIpc) is 2.95. The number of nitrogens with one attached hydrogen (secondary N) is 1. The van der Waals surface area contributed by atoms with Gasteiger partial charge >= 0.3 is 0 Å². The van der Waals surface area contributed by atoms with Crippen LogP contribution in [-0.4, -0.2) is 48.3 Å². The topological polar surface area (TPSA) is 80.5 Å². The molecule has 7 heteroatoms. The number of anilines is 1. The number of ketones is 1. The Labute approximate surface area is 111 Å². The lowest BCUT2D eigenvalue weighted by molar-refractivity contribution is 0.0904. The number of ether oxygens (including phenoxy) is 1.